The van der Waals surface area contributed by atoms with E-state index < -0.39 is 0 Å². The van der Waals surface area contributed by atoms with Crippen molar-refractivity contribution in [2.75, 3.05) is 19.0 Å². The van der Waals surface area contributed by atoms with Crippen molar-refractivity contribution < 1.29 is 9.53 Å². The quantitative estimate of drug-likeness (QED) is 0.840. The molecule has 4 nitrogen and oxygen atoms in total. The molecule has 0 unspecified atom stereocenters. The van der Waals surface area contributed by atoms with Gasteiger partial charge < -0.3 is 15.4 Å². The largest absolute Gasteiger partial charge is 0.497 e. The van der Waals surface area contributed by atoms with Gasteiger partial charge in [-0.15, -0.1) is 0 Å². The molecule has 0 radical (unpaired) electrons. The Morgan fingerprint density at radius 3 is 2.46 bits per heavy atom. The first kappa shape index (κ1) is 16.4. The number of ether oxygens (including phenoxy) is 1. The molecule has 0 heterocycles. The molecular weight excluding hydrogens is 300 g/mol. The van der Waals surface area contributed by atoms with Gasteiger partial charge in [-0.05, 0) is 48.6 Å². The summed E-state index contributed by atoms with van der Waals surface area (Å²) in [7, 11) is 1.67. The monoisotopic (exact) mass is 324 g/mol. The molecule has 2 amide bonds. The van der Waals surface area contributed by atoms with Crippen LogP contribution >= 0.6 is 0 Å². The number of rotatable bonds is 6. The van der Waals surface area contributed by atoms with Crippen molar-refractivity contribution >= 4 is 11.7 Å². The fourth-order valence-electron chi connectivity index (χ4n) is 3.03. The molecular formula is C20H24N2O2. The van der Waals surface area contributed by atoms with Crippen LogP contribution in [0, 0.1) is 0 Å². The Morgan fingerprint density at radius 1 is 1.12 bits per heavy atom. The van der Waals surface area contributed by atoms with Crippen molar-refractivity contribution in [1.82, 2.24) is 5.32 Å². The third-order valence-electron chi connectivity index (χ3n) is 4.79. The number of amides is 2. The van der Waals surface area contributed by atoms with E-state index in [-0.39, 0.29) is 11.4 Å². The molecule has 0 atom stereocenters. The molecule has 0 aliphatic heterocycles. The summed E-state index contributed by atoms with van der Waals surface area (Å²) in [5.41, 5.74) is 3.36. The molecule has 2 aromatic carbocycles. The van der Waals surface area contributed by atoms with Gasteiger partial charge in [0.1, 0.15) is 5.75 Å². The van der Waals surface area contributed by atoms with Crippen molar-refractivity contribution in [2.24, 2.45) is 0 Å². The van der Waals surface area contributed by atoms with Gasteiger partial charge in [0.25, 0.3) is 0 Å². The number of carbonyl (C=O) groups excluding carboxylic acids is 1. The zero-order chi connectivity index (χ0) is 17.0. The first-order chi connectivity index (χ1) is 11.7. The number of methoxy groups -OCH3 is 1. The van der Waals surface area contributed by atoms with Crippen molar-refractivity contribution in [1.29, 1.82) is 0 Å². The van der Waals surface area contributed by atoms with Gasteiger partial charge in [-0.25, -0.2) is 4.79 Å². The zero-order valence-corrected chi connectivity index (χ0v) is 14.3. The minimum absolute atomic E-state index is 0.0773. The molecule has 1 saturated carbocycles. The lowest BCUT2D eigenvalue weighted by Crippen LogP contribution is -2.35. The Bertz CT molecular complexity index is 706. The summed E-state index contributed by atoms with van der Waals surface area (Å²) in [6.07, 6.45) is 3.10. The summed E-state index contributed by atoms with van der Waals surface area (Å²) in [5.74, 6) is 0.858. The fraction of sp³-hybridized carbons (Fsp3) is 0.350. The molecule has 1 aliphatic rings. The van der Waals surface area contributed by atoms with Crippen LogP contribution < -0.4 is 15.4 Å². The van der Waals surface area contributed by atoms with Gasteiger partial charge in [0, 0.05) is 17.6 Å². The Hall–Kier alpha value is -2.49. The number of urea groups is 1. The van der Waals surface area contributed by atoms with E-state index in [2.05, 4.69) is 29.7 Å². The second kappa shape index (κ2) is 6.95. The lowest BCUT2D eigenvalue weighted by Gasteiger charge is -2.18. The van der Waals surface area contributed by atoms with Gasteiger partial charge in [0.2, 0.25) is 0 Å². The molecule has 1 fully saturated rings. The van der Waals surface area contributed by atoms with Crippen LogP contribution in [-0.2, 0) is 11.8 Å². The lowest BCUT2D eigenvalue weighted by atomic mass is 9.96. The number of carbonyl (C=O) groups is 1. The molecule has 0 aromatic heterocycles. The van der Waals surface area contributed by atoms with E-state index >= 15 is 0 Å². The average Bonchev–Trinajstić information content (AvgIpc) is 3.42. The first-order valence-corrected chi connectivity index (χ1v) is 8.44. The highest BCUT2D eigenvalue weighted by atomic mass is 16.5. The Kier molecular flexibility index (Phi) is 4.74. The second-order valence-corrected chi connectivity index (χ2v) is 6.33. The van der Waals surface area contributed by atoms with Crippen molar-refractivity contribution in [2.45, 2.75) is 31.6 Å². The van der Waals surface area contributed by atoms with E-state index in [4.69, 9.17) is 4.74 Å². The molecule has 4 heteroatoms. The highest BCUT2D eigenvalue weighted by Crippen LogP contribution is 2.47. The molecule has 2 N–H and O–H groups in total. The van der Waals surface area contributed by atoms with Gasteiger partial charge in [0.05, 0.1) is 7.11 Å². The topological polar surface area (TPSA) is 50.4 Å². The molecule has 3 rings (SSSR count). The van der Waals surface area contributed by atoms with Crippen LogP contribution in [0.3, 0.4) is 0 Å². The van der Waals surface area contributed by atoms with Crippen molar-refractivity contribution in [3.8, 4) is 5.75 Å². The minimum atomic E-state index is -0.143. The van der Waals surface area contributed by atoms with Crippen LogP contribution in [-0.4, -0.2) is 19.7 Å². The molecule has 2 aromatic rings. The SMILES string of the molecule is CCc1ccccc1NC(=O)NCC1(c2ccc(OC)cc2)CC1. The standard InChI is InChI=1S/C20H24N2O2/c1-3-15-6-4-5-7-18(15)22-19(23)21-14-20(12-13-20)16-8-10-17(24-2)11-9-16/h4-11H,3,12-14H2,1-2H3,(H2,21,22,23). The maximum absolute atomic E-state index is 12.2. The zero-order valence-electron chi connectivity index (χ0n) is 14.3. The Labute approximate surface area is 143 Å². The van der Waals surface area contributed by atoms with Gasteiger partial charge in [-0.3, -0.25) is 0 Å². The van der Waals surface area contributed by atoms with Crippen LogP contribution in [0.2, 0.25) is 0 Å². The van der Waals surface area contributed by atoms with Crippen molar-refractivity contribution in [3.63, 3.8) is 0 Å². The number of hydrogen-bond acceptors (Lipinski definition) is 2. The van der Waals surface area contributed by atoms with Gasteiger partial charge in [0.15, 0.2) is 0 Å². The van der Waals surface area contributed by atoms with Crippen LogP contribution in [0.1, 0.15) is 30.9 Å². The summed E-state index contributed by atoms with van der Waals surface area (Å²) in [6.45, 7) is 2.74. The van der Waals surface area contributed by atoms with E-state index in [1.54, 1.807) is 7.11 Å². The van der Waals surface area contributed by atoms with Gasteiger partial charge in [-0.2, -0.15) is 0 Å². The number of hydrogen-bond donors (Lipinski definition) is 2. The third kappa shape index (κ3) is 3.53. The number of nitrogens with one attached hydrogen (secondary N) is 2. The summed E-state index contributed by atoms with van der Waals surface area (Å²) < 4.78 is 5.21. The van der Waals surface area contributed by atoms with Gasteiger partial charge >= 0.3 is 6.03 Å². The second-order valence-electron chi connectivity index (χ2n) is 6.33. The molecule has 0 bridgehead atoms. The smallest absolute Gasteiger partial charge is 0.319 e. The molecule has 24 heavy (non-hydrogen) atoms. The van der Waals surface area contributed by atoms with E-state index in [1.807, 2.05) is 36.4 Å². The van der Waals surface area contributed by atoms with Crippen LogP contribution in [0.15, 0.2) is 48.5 Å². The number of anilines is 1. The van der Waals surface area contributed by atoms with E-state index in [0.717, 1.165) is 36.3 Å². The highest BCUT2D eigenvalue weighted by molar-refractivity contribution is 5.90. The summed E-state index contributed by atoms with van der Waals surface area (Å²) in [5, 5.41) is 5.99. The average molecular weight is 324 g/mol. The minimum Gasteiger partial charge on any atom is -0.497 e. The first-order valence-electron chi connectivity index (χ1n) is 8.44. The Morgan fingerprint density at radius 2 is 1.83 bits per heavy atom. The Balaban J connectivity index is 1.59. The van der Waals surface area contributed by atoms with Crippen LogP contribution in [0.25, 0.3) is 0 Å². The third-order valence-corrected chi connectivity index (χ3v) is 4.79. The maximum Gasteiger partial charge on any atom is 0.319 e. The maximum atomic E-state index is 12.2. The highest BCUT2D eigenvalue weighted by Gasteiger charge is 2.44. The predicted molar refractivity (Wildman–Crippen MR) is 96.7 cm³/mol. The molecule has 126 valence electrons. The fourth-order valence-corrected chi connectivity index (χ4v) is 3.03. The predicted octanol–water partition coefficient (Wildman–Crippen LogP) is 4.11. The van der Waals surface area contributed by atoms with E-state index in [9.17, 15) is 4.79 Å². The molecule has 1 aliphatic carbocycles. The van der Waals surface area contributed by atoms with Crippen LogP contribution in [0.4, 0.5) is 10.5 Å². The van der Waals surface area contributed by atoms with Crippen molar-refractivity contribution in [3.05, 3.63) is 59.7 Å². The summed E-state index contributed by atoms with van der Waals surface area (Å²) in [4.78, 5) is 12.2. The lowest BCUT2D eigenvalue weighted by molar-refractivity contribution is 0.251. The van der Waals surface area contributed by atoms with E-state index in [1.165, 1.54) is 5.56 Å². The number of benzene rings is 2. The van der Waals surface area contributed by atoms with Gasteiger partial charge in [-0.1, -0.05) is 37.3 Å². The molecule has 0 spiro atoms. The molecule has 0 saturated heterocycles. The number of aryl methyl sites for hydroxylation is 1. The number of para-hydroxylation sites is 1. The van der Waals surface area contributed by atoms with Crippen LogP contribution in [0.5, 0.6) is 5.75 Å². The summed E-state index contributed by atoms with van der Waals surface area (Å²) in [6, 6.07) is 15.9. The summed E-state index contributed by atoms with van der Waals surface area (Å²) >= 11 is 0. The normalized spacial score (nSPS) is 14.8. The van der Waals surface area contributed by atoms with E-state index in [0.29, 0.717) is 6.54 Å².